The molecule has 1 aliphatic rings. The van der Waals surface area contributed by atoms with E-state index in [1.807, 2.05) is 36.4 Å². The van der Waals surface area contributed by atoms with Crippen LogP contribution in [0.2, 0.25) is 0 Å². The molecular formula is C22H23N3O3S. The highest BCUT2D eigenvalue weighted by Crippen LogP contribution is 2.24. The van der Waals surface area contributed by atoms with Crippen molar-refractivity contribution < 1.29 is 14.3 Å². The first-order chi connectivity index (χ1) is 14.1. The molecule has 1 aliphatic heterocycles. The van der Waals surface area contributed by atoms with E-state index in [2.05, 4.69) is 40.4 Å². The SMILES string of the molecule is CN(CCCOc1ccc(CC2SC(=O)NC2=O)cc1)c1cc2ccccc2[nH]1. The molecule has 2 amide bonds. The fourth-order valence-electron chi connectivity index (χ4n) is 3.34. The highest BCUT2D eigenvalue weighted by molar-refractivity contribution is 8.15. The molecule has 0 bridgehead atoms. The molecule has 2 aromatic carbocycles. The highest BCUT2D eigenvalue weighted by atomic mass is 32.2. The zero-order valence-electron chi connectivity index (χ0n) is 16.2. The van der Waals surface area contributed by atoms with E-state index in [1.165, 1.54) is 5.39 Å². The number of hydrogen-bond donors (Lipinski definition) is 2. The van der Waals surface area contributed by atoms with Crippen LogP contribution in [0.25, 0.3) is 10.9 Å². The first-order valence-electron chi connectivity index (χ1n) is 9.60. The lowest BCUT2D eigenvalue weighted by molar-refractivity contribution is -0.118. The normalized spacial score (nSPS) is 16.2. The number of thioether (sulfide) groups is 1. The third-order valence-corrected chi connectivity index (χ3v) is 5.93. The maximum atomic E-state index is 11.7. The van der Waals surface area contributed by atoms with Crippen molar-refractivity contribution in [2.45, 2.75) is 18.1 Å². The molecule has 0 radical (unpaired) electrons. The molecule has 0 spiro atoms. The number of aromatic amines is 1. The number of anilines is 1. The number of nitrogens with zero attached hydrogens (tertiary/aromatic N) is 1. The molecule has 2 N–H and O–H groups in total. The van der Waals surface area contributed by atoms with Crippen LogP contribution in [0.3, 0.4) is 0 Å². The molecular weight excluding hydrogens is 386 g/mol. The van der Waals surface area contributed by atoms with E-state index >= 15 is 0 Å². The monoisotopic (exact) mass is 409 g/mol. The number of aromatic nitrogens is 1. The van der Waals surface area contributed by atoms with Gasteiger partial charge >= 0.3 is 0 Å². The topological polar surface area (TPSA) is 74.4 Å². The fraction of sp³-hybridized carbons (Fsp3) is 0.273. The van der Waals surface area contributed by atoms with Crippen molar-refractivity contribution >= 4 is 39.6 Å². The molecule has 1 aromatic heterocycles. The third kappa shape index (κ3) is 4.74. The van der Waals surface area contributed by atoms with Gasteiger partial charge in [0.15, 0.2) is 0 Å². The Labute approximate surface area is 173 Å². The van der Waals surface area contributed by atoms with E-state index in [0.717, 1.165) is 47.4 Å². The number of imide groups is 1. The van der Waals surface area contributed by atoms with Crippen LogP contribution in [0.15, 0.2) is 54.6 Å². The molecule has 1 unspecified atom stereocenters. The van der Waals surface area contributed by atoms with Crippen molar-refractivity contribution in [1.29, 1.82) is 0 Å². The van der Waals surface area contributed by atoms with Gasteiger partial charge in [-0.3, -0.25) is 14.9 Å². The van der Waals surface area contributed by atoms with Crippen LogP contribution in [0.1, 0.15) is 12.0 Å². The molecule has 0 saturated carbocycles. The fourth-order valence-corrected chi connectivity index (χ4v) is 4.20. The summed E-state index contributed by atoms with van der Waals surface area (Å²) in [5.74, 6) is 1.70. The molecule has 1 fully saturated rings. The van der Waals surface area contributed by atoms with Crippen molar-refractivity contribution in [3.63, 3.8) is 0 Å². The van der Waals surface area contributed by atoms with Gasteiger partial charge in [-0.05, 0) is 42.7 Å². The van der Waals surface area contributed by atoms with E-state index in [4.69, 9.17) is 4.74 Å². The largest absolute Gasteiger partial charge is 0.494 e. The summed E-state index contributed by atoms with van der Waals surface area (Å²) in [6.45, 7) is 1.51. The van der Waals surface area contributed by atoms with Crippen LogP contribution < -0.4 is 15.0 Å². The van der Waals surface area contributed by atoms with E-state index in [1.54, 1.807) is 0 Å². The molecule has 4 rings (SSSR count). The number of rotatable bonds is 8. The molecule has 0 aliphatic carbocycles. The lowest BCUT2D eigenvalue weighted by Crippen LogP contribution is -2.25. The number of fused-ring (bicyclic) bond motifs is 1. The number of carbonyl (C=O) groups excluding carboxylic acids is 2. The smallest absolute Gasteiger partial charge is 0.286 e. The van der Waals surface area contributed by atoms with Gasteiger partial charge in [0.2, 0.25) is 5.91 Å². The summed E-state index contributed by atoms with van der Waals surface area (Å²) < 4.78 is 5.84. The number of hydrogen-bond acceptors (Lipinski definition) is 5. The maximum absolute atomic E-state index is 11.7. The molecule has 3 aromatic rings. The Balaban J connectivity index is 1.22. The second kappa shape index (κ2) is 8.61. The Morgan fingerprint density at radius 2 is 1.90 bits per heavy atom. The summed E-state index contributed by atoms with van der Waals surface area (Å²) in [5.41, 5.74) is 2.15. The number of benzene rings is 2. The number of para-hydroxylation sites is 1. The molecule has 1 atom stereocenters. The Morgan fingerprint density at radius 1 is 1.10 bits per heavy atom. The zero-order valence-corrected chi connectivity index (χ0v) is 17.0. The number of nitrogens with one attached hydrogen (secondary N) is 2. The molecule has 2 heterocycles. The van der Waals surface area contributed by atoms with Gasteiger partial charge < -0.3 is 14.6 Å². The number of amides is 2. The van der Waals surface area contributed by atoms with Gasteiger partial charge in [0.05, 0.1) is 11.9 Å². The number of carbonyl (C=O) groups is 2. The number of H-pyrrole nitrogens is 1. The highest BCUT2D eigenvalue weighted by Gasteiger charge is 2.31. The first-order valence-corrected chi connectivity index (χ1v) is 10.5. The first kappa shape index (κ1) is 19.4. The molecule has 7 heteroatoms. The van der Waals surface area contributed by atoms with Crippen molar-refractivity contribution in [1.82, 2.24) is 10.3 Å². The quantitative estimate of drug-likeness (QED) is 0.551. The average Bonchev–Trinajstić information content (AvgIpc) is 3.29. The Bertz CT molecular complexity index is 983. The van der Waals surface area contributed by atoms with Gasteiger partial charge in [-0.25, -0.2) is 0 Å². The Morgan fingerprint density at radius 3 is 2.62 bits per heavy atom. The molecule has 150 valence electrons. The standard InChI is InChI=1S/C22H23N3O3S/c1-25(20-14-16-5-2-3-6-18(16)23-20)11-4-12-28-17-9-7-15(8-10-17)13-19-21(26)24-22(27)29-19/h2-3,5-10,14,19,23H,4,11-13H2,1H3,(H,24,26,27). The van der Waals surface area contributed by atoms with E-state index in [0.29, 0.717) is 13.0 Å². The minimum atomic E-state index is -0.338. The van der Waals surface area contributed by atoms with Crippen molar-refractivity contribution in [3.05, 3.63) is 60.2 Å². The van der Waals surface area contributed by atoms with E-state index in [9.17, 15) is 9.59 Å². The van der Waals surface area contributed by atoms with Crippen LogP contribution in [-0.2, 0) is 11.2 Å². The van der Waals surface area contributed by atoms with Gasteiger partial charge in [0.1, 0.15) is 11.6 Å². The minimum Gasteiger partial charge on any atom is -0.494 e. The summed E-state index contributed by atoms with van der Waals surface area (Å²) in [4.78, 5) is 28.5. The third-order valence-electron chi connectivity index (χ3n) is 4.95. The lowest BCUT2D eigenvalue weighted by Gasteiger charge is -2.17. The van der Waals surface area contributed by atoms with E-state index < -0.39 is 0 Å². The summed E-state index contributed by atoms with van der Waals surface area (Å²) in [5, 5.41) is 2.92. The molecule has 1 saturated heterocycles. The van der Waals surface area contributed by atoms with Crippen LogP contribution in [0, 0.1) is 0 Å². The predicted octanol–water partition coefficient (Wildman–Crippen LogP) is 3.97. The van der Waals surface area contributed by atoms with E-state index in [-0.39, 0.29) is 16.4 Å². The Kier molecular flexibility index (Phi) is 5.76. The lowest BCUT2D eigenvalue weighted by atomic mass is 10.1. The van der Waals surface area contributed by atoms with Crippen molar-refractivity contribution in [2.75, 3.05) is 25.1 Å². The van der Waals surface area contributed by atoms with Crippen LogP contribution in [-0.4, -0.2) is 41.6 Å². The van der Waals surface area contributed by atoms with Gasteiger partial charge in [-0.1, -0.05) is 42.1 Å². The molecule has 6 nitrogen and oxygen atoms in total. The second-order valence-corrected chi connectivity index (χ2v) is 8.27. The summed E-state index contributed by atoms with van der Waals surface area (Å²) in [6.07, 6.45) is 1.44. The molecule has 29 heavy (non-hydrogen) atoms. The average molecular weight is 410 g/mol. The van der Waals surface area contributed by atoms with Crippen LogP contribution >= 0.6 is 11.8 Å². The zero-order chi connectivity index (χ0) is 20.2. The van der Waals surface area contributed by atoms with Gasteiger partial charge in [0.25, 0.3) is 5.24 Å². The van der Waals surface area contributed by atoms with Crippen molar-refractivity contribution in [2.24, 2.45) is 0 Å². The summed E-state index contributed by atoms with van der Waals surface area (Å²) in [6, 6.07) is 18.1. The summed E-state index contributed by atoms with van der Waals surface area (Å²) >= 11 is 1.05. The second-order valence-electron chi connectivity index (χ2n) is 7.10. The predicted molar refractivity (Wildman–Crippen MR) is 117 cm³/mol. The Hall–Kier alpha value is -2.93. The summed E-state index contributed by atoms with van der Waals surface area (Å²) in [7, 11) is 2.07. The van der Waals surface area contributed by atoms with Crippen LogP contribution in [0.5, 0.6) is 5.75 Å². The van der Waals surface area contributed by atoms with Crippen molar-refractivity contribution in [3.8, 4) is 5.75 Å². The van der Waals surface area contributed by atoms with Gasteiger partial charge in [0, 0.05) is 24.5 Å². The minimum absolute atomic E-state index is 0.209. The maximum Gasteiger partial charge on any atom is 0.286 e. The van der Waals surface area contributed by atoms with Gasteiger partial charge in [-0.15, -0.1) is 0 Å². The van der Waals surface area contributed by atoms with Crippen LogP contribution in [0.4, 0.5) is 10.6 Å². The number of ether oxygens (including phenoxy) is 1. The van der Waals surface area contributed by atoms with Gasteiger partial charge in [-0.2, -0.15) is 0 Å².